The van der Waals surface area contributed by atoms with Crippen molar-refractivity contribution in [1.82, 2.24) is 4.37 Å². The Labute approximate surface area is 81.5 Å². The van der Waals surface area contributed by atoms with E-state index in [9.17, 15) is 5.11 Å². The quantitative estimate of drug-likeness (QED) is 0.789. The molecule has 13 heavy (non-hydrogen) atoms. The Bertz CT molecular complexity index is 287. The van der Waals surface area contributed by atoms with Crippen molar-refractivity contribution in [3.8, 4) is 5.88 Å². The second kappa shape index (κ2) is 3.64. The van der Waals surface area contributed by atoms with Crippen LogP contribution in [0.3, 0.4) is 0 Å². The van der Waals surface area contributed by atoms with E-state index in [0.29, 0.717) is 11.8 Å². The zero-order chi connectivity index (χ0) is 9.26. The average molecular weight is 199 g/mol. The van der Waals surface area contributed by atoms with Gasteiger partial charge >= 0.3 is 0 Å². The summed E-state index contributed by atoms with van der Waals surface area (Å²) in [4.78, 5) is 1.15. The Balaban J connectivity index is 2.15. The summed E-state index contributed by atoms with van der Waals surface area (Å²) < 4.78 is 9.13. The van der Waals surface area contributed by atoms with Gasteiger partial charge in [-0.15, -0.1) is 0 Å². The molecule has 0 bridgehead atoms. The first-order valence-electron chi connectivity index (χ1n) is 4.50. The Hall–Kier alpha value is -0.610. The van der Waals surface area contributed by atoms with Crippen molar-refractivity contribution in [1.29, 1.82) is 0 Å². The monoisotopic (exact) mass is 199 g/mol. The maximum atomic E-state index is 9.66. The predicted molar refractivity (Wildman–Crippen MR) is 51.3 cm³/mol. The lowest BCUT2D eigenvalue weighted by Crippen LogP contribution is -2.09. The zero-order valence-electron chi connectivity index (χ0n) is 7.56. The van der Waals surface area contributed by atoms with E-state index in [1.54, 1.807) is 7.11 Å². The van der Waals surface area contributed by atoms with E-state index in [0.717, 1.165) is 24.1 Å². The number of rotatable bonds is 2. The fourth-order valence-electron chi connectivity index (χ4n) is 1.82. The Morgan fingerprint density at radius 3 is 3.00 bits per heavy atom. The molecule has 4 heteroatoms. The summed E-state index contributed by atoms with van der Waals surface area (Å²) in [5, 5.41) is 9.66. The fourth-order valence-corrected chi connectivity index (χ4v) is 2.70. The van der Waals surface area contributed by atoms with Crippen molar-refractivity contribution >= 4 is 11.5 Å². The zero-order valence-corrected chi connectivity index (χ0v) is 8.38. The van der Waals surface area contributed by atoms with Gasteiger partial charge in [-0.05, 0) is 24.4 Å². The van der Waals surface area contributed by atoms with Crippen LogP contribution in [0.4, 0.5) is 0 Å². The molecule has 1 aromatic rings. The van der Waals surface area contributed by atoms with Crippen LogP contribution in [0.25, 0.3) is 0 Å². The normalized spacial score (nSPS) is 27.8. The number of aliphatic hydroxyl groups is 1. The van der Waals surface area contributed by atoms with Gasteiger partial charge in [-0.1, -0.05) is 6.42 Å². The molecular weight excluding hydrogens is 186 g/mol. The van der Waals surface area contributed by atoms with Crippen LogP contribution < -0.4 is 4.74 Å². The van der Waals surface area contributed by atoms with Crippen molar-refractivity contribution in [2.75, 3.05) is 7.11 Å². The molecule has 0 amide bonds. The number of hydrogen-bond donors (Lipinski definition) is 1. The third kappa shape index (κ3) is 1.69. The fraction of sp³-hybridized carbons (Fsp3) is 0.667. The van der Waals surface area contributed by atoms with E-state index in [1.165, 1.54) is 11.5 Å². The van der Waals surface area contributed by atoms with Crippen LogP contribution in [0.15, 0.2) is 6.07 Å². The van der Waals surface area contributed by atoms with E-state index in [4.69, 9.17) is 4.74 Å². The van der Waals surface area contributed by atoms with Crippen molar-refractivity contribution in [2.45, 2.75) is 31.3 Å². The van der Waals surface area contributed by atoms with Gasteiger partial charge in [0.1, 0.15) is 0 Å². The Morgan fingerprint density at radius 2 is 2.46 bits per heavy atom. The van der Waals surface area contributed by atoms with Crippen LogP contribution in [0.1, 0.15) is 30.1 Å². The van der Waals surface area contributed by atoms with Crippen LogP contribution in [0.2, 0.25) is 0 Å². The van der Waals surface area contributed by atoms with Gasteiger partial charge in [0.15, 0.2) is 0 Å². The topological polar surface area (TPSA) is 42.4 Å². The summed E-state index contributed by atoms with van der Waals surface area (Å²) in [5.41, 5.74) is 0. The maximum absolute atomic E-state index is 9.66. The number of nitrogens with zero attached hydrogens (tertiary/aromatic N) is 1. The first-order valence-corrected chi connectivity index (χ1v) is 5.27. The average Bonchev–Trinajstić information content (AvgIpc) is 2.71. The van der Waals surface area contributed by atoms with Crippen molar-refractivity contribution in [3.63, 3.8) is 0 Å². The molecule has 0 radical (unpaired) electrons. The largest absolute Gasteiger partial charge is 0.480 e. The van der Waals surface area contributed by atoms with E-state index >= 15 is 0 Å². The van der Waals surface area contributed by atoms with Crippen molar-refractivity contribution in [2.24, 2.45) is 0 Å². The molecule has 1 aliphatic rings. The third-order valence-corrected chi connectivity index (χ3v) is 3.46. The molecule has 0 aromatic carbocycles. The maximum Gasteiger partial charge on any atom is 0.225 e. The van der Waals surface area contributed by atoms with Crippen molar-refractivity contribution < 1.29 is 9.84 Å². The van der Waals surface area contributed by atoms with E-state index < -0.39 is 0 Å². The molecule has 1 N–H and O–H groups in total. The van der Waals surface area contributed by atoms with Gasteiger partial charge in [0.05, 0.1) is 13.2 Å². The minimum atomic E-state index is -0.176. The number of hydrogen-bond acceptors (Lipinski definition) is 4. The molecule has 0 spiro atoms. The van der Waals surface area contributed by atoms with Crippen LogP contribution >= 0.6 is 11.5 Å². The molecule has 0 saturated heterocycles. The van der Waals surface area contributed by atoms with Gasteiger partial charge in [-0.3, -0.25) is 0 Å². The lowest BCUT2D eigenvalue weighted by Gasteiger charge is -2.10. The van der Waals surface area contributed by atoms with Crippen LogP contribution in [0, 0.1) is 0 Å². The van der Waals surface area contributed by atoms with E-state index in [1.807, 2.05) is 6.07 Å². The van der Waals surface area contributed by atoms with E-state index in [2.05, 4.69) is 4.37 Å². The summed E-state index contributed by atoms with van der Waals surface area (Å²) in [6.07, 6.45) is 2.94. The molecular formula is C9H13NO2S. The highest BCUT2D eigenvalue weighted by Crippen LogP contribution is 2.37. The lowest BCUT2D eigenvalue weighted by atomic mass is 10.0. The minimum Gasteiger partial charge on any atom is -0.480 e. The molecule has 1 saturated carbocycles. The first kappa shape index (κ1) is 8.97. The van der Waals surface area contributed by atoms with Gasteiger partial charge in [-0.25, -0.2) is 0 Å². The molecule has 1 aromatic heterocycles. The predicted octanol–water partition coefficient (Wildman–Crippen LogP) is 1.78. The minimum absolute atomic E-state index is 0.176. The first-order chi connectivity index (χ1) is 6.31. The Kier molecular flexibility index (Phi) is 2.51. The second-order valence-electron chi connectivity index (χ2n) is 3.38. The molecule has 1 heterocycles. The standard InChI is InChI=1S/C9H13NO2S/c1-12-9-5-8(13-10-9)6-3-2-4-7(6)11/h5-7,11H,2-4H2,1H3/t6-,7-/m1/s1. The SMILES string of the molecule is COc1cc([C@@H]2CCC[C@H]2O)sn1. The smallest absolute Gasteiger partial charge is 0.225 e. The molecule has 1 aliphatic carbocycles. The van der Waals surface area contributed by atoms with Crippen LogP contribution in [-0.4, -0.2) is 22.7 Å². The molecule has 72 valence electrons. The van der Waals surface area contributed by atoms with Gasteiger partial charge in [-0.2, -0.15) is 4.37 Å². The molecule has 0 aliphatic heterocycles. The highest BCUT2D eigenvalue weighted by Gasteiger charge is 2.28. The van der Waals surface area contributed by atoms with Gasteiger partial charge < -0.3 is 9.84 Å². The second-order valence-corrected chi connectivity index (χ2v) is 4.21. The third-order valence-electron chi connectivity index (χ3n) is 2.56. The number of methoxy groups -OCH3 is 1. The number of aliphatic hydroxyl groups excluding tert-OH is 1. The molecule has 0 unspecified atom stereocenters. The molecule has 2 atom stereocenters. The summed E-state index contributed by atoms with van der Waals surface area (Å²) in [7, 11) is 1.61. The molecule has 3 nitrogen and oxygen atoms in total. The van der Waals surface area contributed by atoms with Crippen LogP contribution in [0.5, 0.6) is 5.88 Å². The summed E-state index contributed by atoms with van der Waals surface area (Å²) in [6.45, 7) is 0. The summed E-state index contributed by atoms with van der Waals surface area (Å²) in [5.74, 6) is 0.959. The highest BCUT2D eigenvalue weighted by atomic mass is 32.1. The summed E-state index contributed by atoms with van der Waals surface area (Å²) >= 11 is 1.44. The van der Waals surface area contributed by atoms with Crippen LogP contribution in [-0.2, 0) is 0 Å². The Morgan fingerprint density at radius 1 is 1.62 bits per heavy atom. The van der Waals surface area contributed by atoms with Gasteiger partial charge in [0, 0.05) is 16.9 Å². The van der Waals surface area contributed by atoms with Crippen molar-refractivity contribution in [3.05, 3.63) is 10.9 Å². The molecule has 1 fully saturated rings. The molecule has 2 rings (SSSR count). The lowest BCUT2D eigenvalue weighted by molar-refractivity contribution is 0.165. The van der Waals surface area contributed by atoms with Gasteiger partial charge in [0.2, 0.25) is 5.88 Å². The van der Waals surface area contributed by atoms with E-state index in [-0.39, 0.29) is 6.10 Å². The number of aromatic nitrogens is 1. The highest BCUT2D eigenvalue weighted by molar-refractivity contribution is 7.06. The summed E-state index contributed by atoms with van der Waals surface area (Å²) in [6, 6.07) is 1.93. The van der Waals surface area contributed by atoms with Gasteiger partial charge in [0.25, 0.3) is 0 Å². The number of ether oxygens (including phenoxy) is 1.